The number of H-pyrrole nitrogens is 1. The summed E-state index contributed by atoms with van der Waals surface area (Å²) in [5, 5.41) is 0.936. The second-order valence-corrected chi connectivity index (χ2v) is 4.73. The fourth-order valence-electron chi connectivity index (χ4n) is 2.24. The summed E-state index contributed by atoms with van der Waals surface area (Å²) in [5.41, 5.74) is 2.67. The van der Waals surface area contributed by atoms with Crippen LogP contribution < -0.4 is 4.74 Å². The summed E-state index contributed by atoms with van der Waals surface area (Å²) < 4.78 is 5.61. The number of ketones is 1. The molecule has 3 aromatic rings. The average molecular weight is 265 g/mol. The Morgan fingerprint density at radius 2 is 1.85 bits per heavy atom. The Labute approximate surface area is 117 Å². The lowest BCUT2D eigenvalue weighted by Gasteiger charge is -2.07. The first kappa shape index (κ1) is 12.5. The van der Waals surface area contributed by atoms with Crippen LogP contribution in [0.1, 0.15) is 15.9 Å². The quantitative estimate of drug-likeness (QED) is 0.730. The summed E-state index contributed by atoms with van der Waals surface area (Å²) in [4.78, 5) is 15.4. The van der Waals surface area contributed by atoms with E-state index in [1.54, 1.807) is 6.20 Å². The zero-order valence-corrected chi connectivity index (χ0v) is 11.2. The van der Waals surface area contributed by atoms with Crippen molar-refractivity contribution in [3.8, 4) is 5.75 Å². The van der Waals surface area contributed by atoms with Gasteiger partial charge in [0.15, 0.2) is 6.61 Å². The normalized spacial score (nSPS) is 10.7. The number of carbonyl (C=O) groups is 1. The third kappa shape index (κ3) is 2.30. The van der Waals surface area contributed by atoms with Crippen LogP contribution in [0, 0.1) is 6.92 Å². The number of aryl methyl sites for hydroxylation is 1. The molecule has 20 heavy (non-hydrogen) atoms. The van der Waals surface area contributed by atoms with Crippen LogP contribution in [0.25, 0.3) is 10.9 Å². The van der Waals surface area contributed by atoms with Gasteiger partial charge in [0, 0.05) is 22.7 Å². The van der Waals surface area contributed by atoms with Crippen LogP contribution in [0.5, 0.6) is 5.75 Å². The van der Waals surface area contributed by atoms with E-state index in [0.29, 0.717) is 5.56 Å². The van der Waals surface area contributed by atoms with Gasteiger partial charge >= 0.3 is 0 Å². The molecule has 0 unspecified atom stereocenters. The van der Waals surface area contributed by atoms with Crippen molar-refractivity contribution in [1.82, 2.24) is 4.98 Å². The second-order valence-electron chi connectivity index (χ2n) is 4.73. The van der Waals surface area contributed by atoms with E-state index < -0.39 is 0 Å². The molecule has 3 rings (SSSR count). The molecule has 0 spiro atoms. The molecule has 0 saturated carbocycles. The summed E-state index contributed by atoms with van der Waals surface area (Å²) in [6, 6.07) is 15.4. The highest BCUT2D eigenvalue weighted by atomic mass is 16.5. The van der Waals surface area contributed by atoms with E-state index in [9.17, 15) is 4.79 Å². The first-order valence-electron chi connectivity index (χ1n) is 6.53. The average Bonchev–Trinajstić information content (AvgIpc) is 2.90. The number of ether oxygens (including phenoxy) is 1. The molecule has 0 aliphatic rings. The molecule has 0 fully saturated rings. The zero-order valence-electron chi connectivity index (χ0n) is 11.2. The van der Waals surface area contributed by atoms with Gasteiger partial charge in [-0.25, -0.2) is 0 Å². The lowest BCUT2D eigenvalue weighted by atomic mass is 10.1. The number of hydrogen-bond donors (Lipinski definition) is 1. The molecule has 0 aliphatic heterocycles. The first-order valence-corrected chi connectivity index (χ1v) is 6.53. The Bertz CT molecular complexity index is 758. The highest BCUT2D eigenvalue weighted by Crippen LogP contribution is 2.20. The van der Waals surface area contributed by atoms with Crippen LogP contribution in [0.15, 0.2) is 54.7 Å². The van der Waals surface area contributed by atoms with Crippen molar-refractivity contribution < 1.29 is 9.53 Å². The Kier molecular flexibility index (Phi) is 3.25. The topological polar surface area (TPSA) is 42.1 Å². The molecule has 0 radical (unpaired) electrons. The molecule has 1 heterocycles. The number of carbonyl (C=O) groups excluding carboxylic acids is 1. The van der Waals surface area contributed by atoms with E-state index in [-0.39, 0.29) is 12.4 Å². The van der Waals surface area contributed by atoms with Gasteiger partial charge in [-0.1, -0.05) is 36.4 Å². The summed E-state index contributed by atoms with van der Waals surface area (Å²) in [6.45, 7) is 2.01. The van der Waals surface area contributed by atoms with Crippen LogP contribution in [0.2, 0.25) is 0 Å². The third-order valence-electron chi connectivity index (χ3n) is 3.34. The molecule has 2 aromatic carbocycles. The number of para-hydroxylation sites is 2. The summed E-state index contributed by atoms with van der Waals surface area (Å²) in [5.74, 6) is 0.728. The van der Waals surface area contributed by atoms with E-state index in [1.807, 2.05) is 55.5 Å². The molecule has 0 atom stereocenters. The van der Waals surface area contributed by atoms with Gasteiger partial charge in [-0.2, -0.15) is 0 Å². The van der Waals surface area contributed by atoms with Crippen LogP contribution in [0.3, 0.4) is 0 Å². The SMILES string of the molecule is Cc1ccccc1OCC(=O)c1c[nH]c2ccccc12. The molecule has 0 bridgehead atoms. The predicted octanol–water partition coefficient (Wildman–Crippen LogP) is 3.74. The number of aromatic nitrogens is 1. The minimum absolute atomic E-state index is 0.0225. The molecular formula is C17H15NO2. The molecule has 100 valence electrons. The van der Waals surface area contributed by atoms with E-state index in [1.165, 1.54) is 0 Å². The van der Waals surface area contributed by atoms with Gasteiger partial charge in [0.2, 0.25) is 5.78 Å². The van der Waals surface area contributed by atoms with Crippen molar-refractivity contribution in [3.63, 3.8) is 0 Å². The molecule has 0 amide bonds. The smallest absolute Gasteiger partial charge is 0.202 e. The van der Waals surface area contributed by atoms with Crippen LogP contribution >= 0.6 is 0 Å². The van der Waals surface area contributed by atoms with Gasteiger partial charge in [-0.15, -0.1) is 0 Å². The van der Waals surface area contributed by atoms with Gasteiger partial charge < -0.3 is 9.72 Å². The number of nitrogens with one attached hydrogen (secondary N) is 1. The van der Waals surface area contributed by atoms with Crippen LogP contribution in [0.4, 0.5) is 0 Å². The highest BCUT2D eigenvalue weighted by molar-refractivity contribution is 6.08. The number of hydrogen-bond acceptors (Lipinski definition) is 2. The van der Waals surface area contributed by atoms with E-state index >= 15 is 0 Å². The molecule has 0 aliphatic carbocycles. The molecule has 1 aromatic heterocycles. The van der Waals surface area contributed by atoms with Crippen LogP contribution in [-0.4, -0.2) is 17.4 Å². The van der Waals surface area contributed by atoms with E-state index in [0.717, 1.165) is 22.2 Å². The Morgan fingerprint density at radius 1 is 1.10 bits per heavy atom. The largest absolute Gasteiger partial charge is 0.485 e. The lowest BCUT2D eigenvalue weighted by Crippen LogP contribution is -2.11. The Hall–Kier alpha value is -2.55. The van der Waals surface area contributed by atoms with Gasteiger partial charge in [-0.05, 0) is 24.6 Å². The maximum atomic E-state index is 12.3. The summed E-state index contributed by atoms with van der Waals surface area (Å²) in [7, 11) is 0. The third-order valence-corrected chi connectivity index (χ3v) is 3.34. The number of fused-ring (bicyclic) bond motifs is 1. The minimum Gasteiger partial charge on any atom is -0.485 e. The molecule has 0 saturated heterocycles. The molecule has 3 heteroatoms. The number of aromatic amines is 1. The minimum atomic E-state index is -0.0225. The van der Waals surface area contributed by atoms with E-state index in [2.05, 4.69) is 4.98 Å². The first-order chi connectivity index (χ1) is 9.75. The lowest BCUT2D eigenvalue weighted by molar-refractivity contribution is 0.0923. The summed E-state index contributed by atoms with van der Waals surface area (Å²) in [6.07, 6.45) is 1.74. The number of rotatable bonds is 4. The van der Waals surface area contributed by atoms with Crippen molar-refractivity contribution in [2.24, 2.45) is 0 Å². The summed E-state index contributed by atoms with van der Waals surface area (Å²) >= 11 is 0. The van der Waals surface area contributed by atoms with Gasteiger partial charge in [0.25, 0.3) is 0 Å². The fourth-order valence-corrected chi connectivity index (χ4v) is 2.24. The molecule has 3 nitrogen and oxygen atoms in total. The van der Waals surface area contributed by atoms with Gasteiger partial charge in [0.05, 0.1) is 0 Å². The Morgan fingerprint density at radius 3 is 2.70 bits per heavy atom. The second kappa shape index (κ2) is 5.21. The van der Waals surface area contributed by atoms with E-state index in [4.69, 9.17) is 4.74 Å². The van der Waals surface area contributed by atoms with Crippen molar-refractivity contribution in [2.75, 3.05) is 6.61 Å². The fraction of sp³-hybridized carbons (Fsp3) is 0.118. The number of benzene rings is 2. The van der Waals surface area contributed by atoms with Gasteiger partial charge in [-0.3, -0.25) is 4.79 Å². The highest BCUT2D eigenvalue weighted by Gasteiger charge is 2.12. The maximum absolute atomic E-state index is 12.3. The standard InChI is InChI=1S/C17H15NO2/c1-12-6-2-5-9-17(12)20-11-16(19)14-10-18-15-8-4-3-7-13(14)15/h2-10,18H,11H2,1H3. The predicted molar refractivity (Wildman–Crippen MR) is 79.3 cm³/mol. The van der Waals surface area contributed by atoms with Crippen molar-refractivity contribution >= 4 is 16.7 Å². The Balaban J connectivity index is 1.79. The maximum Gasteiger partial charge on any atom is 0.202 e. The van der Waals surface area contributed by atoms with Crippen molar-refractivity contribution in [1.29, 1.82) is 0 Å². The van der Waals surface area contributed by atoms with Crippen LogP contribution in [-0.2, 0) is 0 Å². The van der Waals surface area contributed by atoms with Crippen molar-refractivity contribution in [3.05, 3.63) is 65.9 Å². The van der Waals surface area contributed by atoms with Gasteiger partial charge in [0.1, 0.15) is 5.75 Å². The molecule has 1 N–H and O–H groups in total. The monoisotopic (exact) mass is 265 g/mol. The zero-order chi connectivity index (χ0) is 13.9. The number of Topliss-reactive ketones (excluding diaryl/α,β-unsaturated/α-hetero) is 1. The molecular weight excluding hydrogens is 250 g/mol. The van der Waals surface area contributed by atoms with Crippen molar-refractivity contribution in [2.45, 2.75) is 6.92 Å².